The number of rotatable bonds is 9. The third-order valence-electron chi connectivity index (χ3n) is 4.13. The Bertz CT molecular complexity index is 942. The maximum Gasteiger partial charge on any atom is 0.252 e. The SMILES string of the molecule is CS(=O)(=O)c1ccccc1C(=O)NCCCCCC(=O)Nc1ccccc1N. The zero-order valence-electron chi connectivity index (χ0n) is 15.8. The van der Waals surface area contributed by atoms with Crippen LogP contribution in [0.5, 0.6) is 0 Å². The number of carbonyl (C=O) groups excluding carboxylic acids is 2. The van der Waals surface area contributed by atoms with Crippen LogP contribution in [0.15, 0.2) is 53.4 Å². The van der Waals surface area contributed by atoms with Gasteiger partial charge in [-0.25, -0.2) is 8.42 Å². The predicted molar refractivity (Wildman–Crippen MR) is 110 cm³/mol. The van der Waals surface area contributed by atoms with Crippen LogP contribution in [0.4, 0.5) is 11.4 Å². The van der Waals surface area contributed by atoms with Gasteiger partial charge in [-0.2, -0.15) is 0 Å². The fraction of sp³-hybridized carbons (Fsp3) is 0.300. The number of hydrogen-bond acceptors (Lipinski definition) is 5. The molecule has 2 amide bonds. The smallest absolute Gasteiger partial charge is 0.252 e. The average Bonchev–Trinajstić information content (AvgIpc) is 2.65. The molecule has 0 aliphatic carbocycles. The lowest BCUT2D eigenvalue weighted by Crippen LogP contribution is -2.26. The minimum Gasteiger partial charge on any atom is -0.397 e. The second-order valence-electron chi connectivity index (χ2n) is 6.47. The number of benzene rings is 2. The largest absolute Gasteiger partial charge is 0.397 e. The van der Waals surface area contributed by atoms with Crippen LogP contribution in [0, 0.1) is 0 Å². The van der Waals surface area contributed by atoms with Gasteiger partial charge < -0.3 is 16.4 Å². The van der Waals surface area contributed by atoms with Gasteiger partial charge in [0.1, 0.15) is 0 Å². The van der Waals surface area contributed by atoms with Crippen LogP contribution < -0.4 is 16.4 Å². The maximum absolute atomic E-state index is 12.2. The van der Waals surface area contributed by atoms with Crippen LogP contribution in [0.3, 0.4) is 0 Å². The molecule has 0 saturated carbocycles. The van der Waals surface area contributed by atoms with Gasteiger partial charge in [0, 0.05) is 19.2 Å². The molecule has 0 saturated heterocycles. The van der Waals surface area contributed by atoms with Crippen molar-refractivity contribution in [1.82, 2.24) is 5.32 Å². The Morgan fingerprint density at radius 1 is 0.964 bits per heavy atom. The van der Waals surface area contributed by atoms with E-state index >= 15 is 0 Å². The Kier molecular flexibility index (Phi) is 7.57. The molecule has 28 heavy (non-hydrogen) atoms. The van der Waals surface area contributed by atoms with E-state index in [2.05, 4.69) is 10.6 Å². The predicted octanol–water partition coefficient (Wildman–Crippen LogP) is 2.60. The standard InChI is InChI=1S/C20H25N3O4S/c1-28(26,27)18-12-7-4-9-15(18)20(25)22-14-8-2-3-13-19(24)23-17-11-6-5-10-16(17)21/h4-7,9-12H,2-3,8,13-14,21H2,1H3,(H,22,25)(H,23,24). The van der Waals surface area contributed by atoms with Gasteiger partial charge in [-0.15, -0.1) is 0 Å². The van der Waals surface area contributed by atoms with Gasteiger partial charge >= 0.3 is 0 Å². The van der Waals surface area contributed by atoms with E-state index < -0.39 is 15.7 Å². The third kappa shape index (κ3) is 6.38. The number of unbranched alkanes of at least 4 members (excludes halogenated alkanes) is 2. The van der Waals surface area contributed by atoms with Crippen molar-refractivity contribution in [2.24, 2.45) is 0 Å². The van der Waals surface area contributed by atoms with Crippen molar-refractivity contribution in [1.29, 1.82) is 0 Å². The zero-order chi connectivity index (χ0) is 20.6. The second-order valence-corrected chi connectivity index (χ2v) is 8.45. The Morgan fingerprint density at radius 3 is 2.36 bits per heavy atom. The number of nitrogens with one attached hydrogen (secondary N) is 2. The summed E-state index contributed by atoms with van der Waals surface area (Å²) in [4.78, 5) is 24.2. The Balaban J connectivity index is 1.70. The number of amides is 2. The highest BCUT2D eigenvalue weighted by atomic mass is 32.2. The molecule has 4 N–H and O–H groups in total. The highest BCUT2D eigenvalue weighted by Crippen LogP contribution is 2.17. The van der Waals surface area contributed by atoms with Gasteiger partial charge in [-0.3, -0.25) is 9.59 Å². The molecule has 150 valence electrons. The minimum atomic E-state index is -3.47. The number of anilines is 2. The summed E-state index contributed by atoms with van der Waals surface area (Å²) in [6.07, 6.45) is 3.56. The topological polar surface area (TPSA) is 118 Å². The highest BCUT2D eigenvalue weighted by Gasteiger charge is 2.17. The van der Waals surface area contributed by atoms with Crippen molar-refractivity contribution in [3.05, 3.63) is 54.1 Å². The van der Waals surface area contributed by atoms with Gasteiger partial charge in [-0.1, -0.05) is 30.7 Å². The summed E-state index contributed by atoms with van der Waals surface area (Å²) in [7, 11) is -3.47. The number of para-hydroxylation sites is 2. The van der Waals surface area contributed by atoms with Crippen molar-refractivity contribution < 1.29 is 18.0 Å². The maximum atomic E-state index is 12.2. The molecule has 0 aromatic heterocycles. The number of hydrogen-bond donors (Lipinski definition) is 3. The van der Waals surface area contributed by atoms with Crippen molar-refractivity contribution in [2.75, 3.05) is 23.9 Å². The minimum absolute atomic E-state index is 0.0179. The van der Waals surface area contributed by atoms with E-state index in [0.717, 1.165) is 12.7 Å². The highest BCUT2D eigenvalue weighted by molar-refractivity contribution is 7.90. The van der Waals surface area contributed by atoms with Crippen LogP contribution in [-0.4, -0.2) is 33.0 Å². The molecule has 7 nitrogen and oxygen atoms in total. The molecular formula is C20H25N3O4S. The summed E-state index contributed by atoms with van der Waals surface area (Å²) >= 11 is 0. The Labute approximate surface area is 165 Å². The quantitative estimate of drug-likeness (QED) is 0.439. The molecule has 8 heteroatoms. The Morgan fingerprint density at radius 2 is 1.64 bits per heavy atom. The molecular weight excluding hydrogens is 378 g/mol. The fourth-order valence-corrected chi connectivity index (χ4v) is 3.57. The van der Waals surface area contributed by atoms with Crippen LogP contribution in [0.1, 0.15) is 36.0 Å². The summed E-state index contributed by atoms with van der Waals surface area (Å²) < 4.78 is 23.5. The van der Waals surface area contributed by atoms with Crippen molar-refractivity contribution in [3.8, 4) is 0 Å². The lowest BCUT2D eigenvalue weighted by molar-refractivity contribution is -0.116. The van der Waals surface area contributed by atoms with Gasteiger partial charge in [0.2, 0.25) is 5.91 Å². The lowest BCUT2D eigenvalue weighted by Gasteiger charge is -2.09. The first-order valence-electron chi connectivity index (χ1n) is 9.00. The normalized spacial score (nSPS) is 11.0. The molecule has 0 bridgehead atoms. The lowest BCUT2D eigenvalue weighted by atomic mass is 10.1. The van der Waals surface area contributed by atoms with Crippen LogP contribution >= 0.6 is 0 Å². The van der Waals surface area contributed by atoms with Crippen molar-refractivity contribution >= 4 is 33.0 Å². The van der Waals surface area contributed by atoms with Crippen LogP contribution in [0.25, 0.3) is 0 Å². The monoisotopic (exact) mass is 403 g/mol. The molecule has 0 atom stereocenters. The molecule has 0 fully saturated rings. The summed E-state index contributed by atoms with van der Waals surface area (Å²) in [6.45, 7) is 0.407. The van der Waals surface area contributed by atoms with E-state index in [-0.39, 0.29) is 16.4 Å². The van der Waals surface area contributed by atoms with E-state index in [4.69, 9.17) is 5.73 Å². The van der Waals surface area contributed by atoms with Gasteiger partial charge in [0.05, 0.1) is 21.8 Å². The first-order chi connectivity index (χ1) is 13.3. The van der Waals surface area contributed by atoms with E-state index in [1.54, 1.807) is 36.4 Å². The first-order valence-corrected chi connectivity index (χ1v) is 10.9. The van der Waals surface area contributed by atoms with Crippen molar-refractivity contribution in [3.63, 3.8) is 0 Å². The summed E-state index contributed by atoms with van der Waals surface area (Å²) in [5, 5.41) is 5.50. The molecule has 2 rings (SSSR count). The Hall–Kier alpha value is -2.87. The first kappa shape index (κ1) is 21.4. The number of nitrogens with two attached hydrogens (primary N) is 1. The summed E-state index contributed by atoms with van der Waals surface area (Å²) in [6, 6.07) is 13.2. The molecule has 0 aliphatic heterocycles. The van der Waals surface area contributed by atoms with Crippen LogP contribution in [0.2, 0.25) is 0 Å². The fourth-order valence-electron chi connectivity index (χ4n) is 2.69. The molecule has 0 heterocycles. The van der Waals surface area contributed by atoms with Crippen molar-refractivity contribution in [2.45, 2.75) is 30.6 Å². The average molecular weight is 404 g/mol. The van der Waals surface area contributed by atoms with Gasteiger partial charge in [0.25, 0.3) is 5.91 Å². The molecule has 0 aliphatic rings. The molecule has 0 unspecified atom stereocenters. The van der Waals surface area contributed by atoms with E-state index in [1.165, 1.54) is 12.1 Å². The van der Waals surface area contributed by atoms with E-state index in [1.807, 2.05) is 0 Å². The third-order valence-corrected chi connectivity index (χ3v) is 5.29. The van der Waals surface area contributed by atoms with E-state index in [9.17, 15) is 18.0 Å². The summed E-state index contributed by atoms with van der Waals surface area (Å²) in [5.74, 6) is -0.526. The summed E-state index contributed by atoms with van der Waals surface area (Å²) in [5.41, 5.74) is 7.05. The van der Waals surface area contributed by atoms with Crippen LogP contribution in [-0.2, 0) is 14.6 Å². The molecule has 0 spiro atoms. The number of sulfone groups is 1. The molecule has 0 radical (unpaired) electrons. The number of carbonyl (C=O) groups is 2. The second kappa shape index (κ2) is 9.89. The zero-order valence-corrected chi connectivity index (χ0v) is 16.6. The van der Waals surface area contributed by atoms with Gasteiger partial charge in [-0.05, 0) is 37.1 Å². The molecule has 2 aromatic carbocycles. The van der Waals surface area contributed by atoms with Gasteiger partial charge in [0.15, 0.2) is 9.84 Å². The van der Waals surface area contributed by atoms with E-state index in [0.29, 0.717) is 37.2 Å². The molecule has 2 aromatic rings. The number of nitrogen functional groups attached to an aromatic ring is 1.